The normalized spacial score (nSPS) is 11.5. The van der Waals surface area contributed by atoms with Crippen LogP contribution in [0.15, 0.2) is 12.4 Å². The van der Waals surface area contributed by atoms with Gasteiger partial charge in [-0.2, -0.15) is 0 Å². The van der Waals surface area contributed by atoms with Crippen molar-refractivity contribution < 1.29 is 0 Å². The first-order valence-electron chi connectivity index (χ1n) is 4.56. The first-order chi connectivity index (χ1) is 6.47. The minimum absolute atomic E-state index is 0.0563. The Bertz CT molecular complexity index is 312. The summed E-state index contributed by atoms with van der Waals surface area (Å²) in [4.78, 5) is 10.5. The number of rotatable bonds is 3. The van der Waals surface area contributed by atoms with Crippen LogP contribution in [-0.4, -0.2) is 27.9 Å². The van der Waals surface area contributed by atoms with E-state index in [4.69, 9.17) is 0 Å². The highest BCUT2D eigenvalue weighted by Gasteiger charge is 2.23. The van der Waals surface area contributed by atoms with Crippen molar-refractivity contribution in [1.82, 2.24) is 9.97 Å². The van der Waals surface area contributed by atoms with Gasteiger partial charge < -0.3 is 4.90 Å². The molecule has 0 unspecified atom stereocenters. The van der Waals surface area contributed by atoms with Crippen molar-refractivity contribution in [2.75, 3.05) is 17.3 Å². The largest absolute Gasteiger partial charge is 0.354 e. The summed E-state index contributed by atoms with van der Waals surface area (Å²) in [6.07, 6.45) is 1.60. The number of alkyl halides is 1. The lowest BCUT2D eigenvalue weighted by atomic mass is 10.1. The molecule has 0 radical (unpaired) electrons. The van der Waals surface area contributed by atoms with Gasteiger partial charge in [-0.25, -0.2) is 9.97 Å². The molecule has 0 atom stereocenters. The van der Waals surface area contributed by atoms with Crippen molar-refractivity contribution in [3.63, 3.8) is 0 Å². The Kier molecular flexibility index (Phi) is 3.48. The van der Waals surface area contributed by atoms with E-state index in [9.17, 15) is 0 Å². The molecule has 0 aliphatic heterocycles. The first-order valence-corrected chi connectivity index (χ1v) is 5.68. The Morgan fingerprint density at radius 3 is 2.57 bits per heavy atom. The number of hydrogen-bond acceptors (Lipinski definition) is 3. The summed E-state index contributed by atoms with van der Waals surface area (Å²) >= 11 is 3.50. The fraction of sp³-hybridized carbons (Fsp3) is 0.600. The molecule has 4 heteroatoms. The Hall–Kier alpha value is -0.640. The molecule has 0 amide bonds. The van der Waals surface area contributed by atoms with Crippen molar-refractivity contribution >= 4 is 21.7 Å². The molecule has 0 spiro atoms. The van der Waals surface area contributed by atoms with Crippen LogP contribution in [0.5, 0.6) is 0 Å². The van der Waals surface area contributed by atoms with Crippen LogP contribution in [-0.2, 0) is 0 Å². The van der Waals surface area contributed by atoms with Crippen LogP contribution in [0.2, 0.25) is 0 Å². The van der Waals surface area contributed by atoms with Crippen molar-refractivity contribution in [2.24, 2.45) is 0 Å². The van der Waals surface area contributed by atoms with Gasteiger partial charge in [0.2, 0.25) is 0 Å². The van der Waals surface area contributed by atoms with Gasteiger partial charge in [0.15, 0.2) is 0 Å². The molecule has 78 valence electrons. The number of halogens is 1. The number of nitrogens with zero attached hydrogens (tertiary/aromatic N) is 3. The van der Waals surface area contributed by atoms with Gasteiger partial charge in [0, 0.05) is 29.7 Å². The molecule has 0 aromatic carbocycles. The molecular formula is C10H16BrN3. The lowest BCUT2D eigenvalue weighted by Gasteiger charge is -2.35. The number of anilines is 1. The molecule has 1 heterocycles. The summed E-state index contributed by atoms with van der Waals surface area (Å²) < 4.78 is 0. The van der Waals surface area contributed by atoms with E-state index < -0.39 is 0 Å². The summed E-state index contributed by atoms with van der Waals surface area (Å²) in [5.41, 5.74) is 1.05. The Morgan fingerprint density at radius 2 is 2.07 bits per heavy atom. The summed E-state index contributed by atoms with van der Waals surface area (Å²) in [7, 11) is 2.04. The second kappa shape index (κ2) is 4.26. The monoisotopic (exact) mass is 257 g/mol. The SMILES string of the molecule is Cc1cc(N(C)C(C)(C)CBr)ncn1. The summed E-state index contributed by atoms with van der Waals surface area (Å²) in [6.45, 7) is 6.30. The summed E-state index contributed by atoms with van der Waals surface area (Å²) in [5, 5.41) is 0.902. The molecule has 0 bridgehead atoms. The molecule has 1 rings (SSSR count). The topological polar surface area (TPSA) is 29.0 Å². The van der Waals surface area contributed by atoms with Crippen LogP contribution in [0.3, 0.4) is 0 Å². The highest BCUT2D eigenvalue weighted by atomic mass is 79.9. The van der Waals surface area contributed by atoms with Gasteiger partial charge in [-0.3, -0.25) is 0 Å². The van der Waals surface area contributed by atoms with Gasteiger partial charge in [0.05, 0.1) is 0 Å². The zero-order valence-corrected chi connectivity index (χ0v) is 10.7. The van der Waals surface area contributed by atoms with Crippen molar-refractivity contribution in [2.45, 2.75) is 26.3 Å². The molecule has 1 aromatic heterocycles. The van der Waals surface area contributed by atoms with E-state index in [0.29, 0.717) is 0 Å². The van der Waals surface area contributed by atoms with Gasteiger partial charge in [-0.05, 0) is 20.8 Å². The Labute approximate surface area is 93.7 Å². The molecule has 0 aliphatic rings. The van der Waals surface area contributed by atoms with Crippen LogP contribution >= 0.6 is 15.9 Å². The maximum Gasteiger partial charge on any atom is 0.132 e. The van der Waals surface area contributed by atoms with Crippen molar-refractivity contribution in [3.05, 3.63) is 18.1 Å². The van der Waals surface area contributed by atoms with E-state index in [1.54, 1.807) is 6.33 Å². The summed E-state index contributed by atoms with van der Waals surface area (Å²) in [5.74, 6) is 0.960. The van der Waals surface area contributed by atoms with E-state index >= 15 is 0 Å². The van der Waals surface area contributed by atoms with E-state index in [0.717, 1.165) is 16.8 Å². The van der Waals surface area contributed by atoms with Gasteiger partial charge in [0.25, 0.3) is 0 Å². The molecule has 0 fully saturated rings. The third kappa shape index (κ3) is 2.44. The van der Waals surface area contributed by atoms with Gasteiger partial charge in [-0.1, -0.05) is 15.9 Å². The standard InChI is InChI=1S/C10H16BrN3/c1-8-5-9(13-7-12-8)14(4)10(2,3)6-11/h5,7H,6H2,1-4H3. The van der Waals surface area contributed by atoms with Gasteiger partial charge in [-0.15, -0.1) is 0 Å². The third-order valence-electron chi connectivity index (χ3n) is 2.37. The van der Waals surface area contributed by atoms with E-state index in [1.165, 1.54) is 0 Å². The molecular weight excluding hydrogens is 242 g/mol. The smallest absolute Gasteiger partial charge is 0.132 e. The second-order valence-corrected chi connectivity index (χ2v) is 4.58. The van der Waals surface area contributed by atoms with Crippen LogP contribution < -0.4 is 4.90 Å². The minimum Gasteiger partial charge on any atom is -0.354 e. The molecule has 3 nitrogen and oxygen atoms in total. The molecule has 1 aromatic rings. The number of aryl methyl sites for hydroxylation is 1. The maximum absolute atomic E-state index is 4.25. The van der Waals surface area contributed by atoms with Gasteiger partial charge >= 0.3 is 0 Å². The third-order valence-corrected chi connectivity index (χ3v) is 3.74. The zero-order valence-electron chi connectivity index (χ0n) is 9.08. The second-order valence-electron chi connectivity index (χ2n) is 4.02. The van der Waals surface area contributed by atoms with Crippen molar-refractivity contribution in [1.29, 1.82) is 0 Å². The predicted molar refractivity (Wildman–Crippen MR) is 63.0 cm³/mol. The predicted octanol–water partition coefficient (Wildman–Crippen LogP) is 2.39. The molecule has 14 heavy (non-hydrogen) atoms. The average Bonchev–Trinajstić information content (AvgIpc) is 2.16. The van der Waals surface area contributed by atoms with Gasteiger partial charge in [0.1, 0.15) is 12.1 Å². The molecule has 0 N–H and O–H groups in total. The lowest BCUT2D eigenvalue weighted by molar-refractivity contribution is 0.546. The quantitative estimate of drug-likeness (QED) is 0.779. The highest BCUT2D eigenvalue weighted by Crippen LogP contribution is 2.21. The fourth-order valence-electron chi connectivity index (χ4n) is 1.02. The van der Waals surface area contributed by atoms with E-state index in [2.05, 4.69) is 44.6 Å². The number of aromatic nitrogens is 2. The van der Waals surface area contributed by atoms with Crippen LogP contribution in [0.4, 0.5) is 5.82 Å². The highest BCUT2D eigenvalue weighted by molar-refractivity contribution is 9.09. The molecule has 0 saturated carbocycles. The average molecular weight is 258 g/mol. The lowest BCUT2D eigenvalue weighted by Crippen LogP contribution is -2.43. The first kappa shape index (κ1) is 11.4. The molecule has 0 saturated heterocycles. The Balaban J connectivity index is 2.94. The maximum atomic E-state index is 4.25. The molecule has 0 aliphatic carbocycles. The van der Waals surface area contributed by atoms with E-state index in [1.807, 2.05) is 20.0 Å². The summed E-state index contributed by atoms with van der Waals surface area (Å²) in [6, 6.07) is 1.99. The van der Waals surface area contributed by atoms with Crippen LogP contribution in [0.1, 0.15) is 19.5 Å². The number of hydrogen-bond donors (Lipinski definition) is 0. The van der Waals surface area contributed by atoms with Crippen LogP contribution in [0, 0.1) is 6.92 Å². The van der Waals surface area contributed by atoms with Crippen LogP contribution in [0.25, 0.3) is 0 Å². The zero-order chi connectivity index (χ0) is 10.8. The van der Waals surface area contributed by atoms with E-state index in [-0.39, 0.29) is 5.54 Å². The Morgan fingerprint density at radius 1 is 1.43 bits per heavy atom. The van der Waals surface area contributed by atoms with Crippen molar-refractivity contribution in [3.8, 4) is 0 Å². The minimum atomic E-state index is 0.0563. The fourth-order valence-corrected chi connectivity index (χ4v) is 1.40.